The fourth-order valence-electron chi connectivity index (χ4n) is 0.873. The van der Waals surface area contributed by atoms with Gasteiger partial charge in [0.15, 0.2) is 0 Å². The summed E-state index contributed by atoms with van der Waals surface area (Å²) in [6, 6.07) is 0. The van der Waals surface area contributed by atoms with Gasteiger partial charge >= 0.3 is 0 Å². The summed E-state index contributed by atoms with van der Waals surface area (Å²) < 4.78 is 0. The van der Waals surface area contributed by atoms with Crippen LogP contribution in [-0.2, 0) is 9.59 Å². The van der Waals surface area contributed by atoms with E-state index in [1.165, 1.54) is 0 Å². The van der Waals surface area contributed by atoms with Crippen molar-refractivity contribution in [2.75, 3.05) is 6.54 Å². The van der Waals surface area contributed by atoms with Gasteiger partial charge in [-0.3, -0.25) is 9.59 Å². The van der Waals surface area contributed by atoms with Gasteiger partial charge in [-0.2, -0.15) is 0 Å². The van der Waals surface area contributed by atoms with Crippen LogP contribution in [0.15, 0.2) is 0 Å². The highest BCUT2D eigenvalue weighted by molar-refractivity contribution is 5.97. The van der Waals surface area contributed by atoms with Crippen molar-refractivity contribution < 1.29 is 9.59 Å². The van der Waals surface area contributed by atoms with Crippen molar-refractivity contribution >= 4 is 11.7 Å². The Kier molecular flexibility index (Phi) is 6.34. The van der Waals surface area contributed by atoms with E-state index >= 15 is 0 Å². The monoisotopic (exact) mass is 171 g/mol. The van der Waals surface area contributed by atoms with Crippen molar-refractivity contribution in [3.8, 4) is 0 Å². The molecule has 0 saturated heterocycles. The van der Waals surface area contributed by atoms with E-state index in [0.717, 1.165) is 12.8 Å². The molecule has 0 aromatic rings. The zero-order valence-electron chi connectivity index (χ0n) is 7.85. The third-order valence-corrected chi connectivity index (χ3v) is 1.46. The summed E-state index contributed by atoms with van der Waals surface area (Å²) in [5, 5.41) is 2.66. The summed E-state index contributed by atoms with van der Waals surface area (Å²) in [6.45, 7) is 4.58. The molecule has 0 heterocycles. The second-order valence-corrected chi connectivity index (χ2v) is 2.82. The van der Waals surface area contributed by atoms with Crippen molar-refractivity contribution in [2.45, 2.75) is 39.5 Å². The fraction of sp³-hybridized carbons (Fsp3) is 0.778. The highest BCUT2D eigenvalue weighted by atomic mass is 16.2. The summed E-state index contributed by atoms with van der Waals surface area (Å²) in [7, 11) is 0. The Morgan fingerprint density at radius 3 is 2.33 bits per heavy atom. The minimum absolute atomic E-state index is 0.0334. The van der Waals surface area contributed by atoms with E-state index in [0.29, 0.717) is 13.0 Å². The number of rotatable bonds is 6. The van der Waals surface area contributed by atoms with Crippen molar-refractivity contribution in [3.05, 3.63) is 0 Å². The van der Waals surface area contributed by atoms with Gasteiger partial charge in [-0.05, 0) is 12.8 Å². The molecule has 0 bridgehead atoms. The molecule has 0 radical (unpaired) electrons. The SMILES string of the molecule is CCCNC(=O)CC(=O)CCC. The third-order valence-electron chi connectivity index (χ3n) is 1.46. The first-order valence-electron chi connectivity index (χ1n) is 4.49. The van der Waals surface area contributed by atoms with Crippen molar-refractivity contribution in [1.29, 1.82) is 0 Å². The van der Waals surface area contributed by atoms with Gasteiger partial charge in [-0.1, -0.05) is 13.8 Å². The second kappa shape index (κ2) is 6.83. The maximum absolute atomic E-state index is 11.0. The van der Waals surface area contributed by atoms with E-state index in [2.05, 4.69) is 5.32 Å². The molecule has 0 spiro atoms. The van der Waals surface area contributed by atoms with Crippen LogP contribution in [0.25, 0.3) is 0 Å². The molecule has 0 atom stereocenters. The van der Waals surface area contributed by atoms with Crippen LogP contribution in [0.3, 0.4) is 0 Å². The number of amides is 1. The smallest absolute Gasteiger partial charge is 0.227 e. The lowest BCUT2D eigenvalue weighted by molar-refractivity contribution is -0.128. The molecule has 0 aliphatic rings. The number of ketones is 1. The second-order valence-electron chi connectivity index (χ2n) is 2.82. The fourth-order valence-corrected chi connectivity index (χ4v) is 0.873. The predicted molar refractivity (Wildman–Crippen MR) is 47.8 cm³/mol. The van der Waals surface area contributed by atoms with Gasteiger partial charge in [0, 0.05) is 13.0 Å². The molecule has 1 N–H and O–H groups in total. The van der Waals surface area contributed by atoms with Crippen LogP contribution in [0.1, 0.15) is 39.5 Å². The van der Waals surface area contributed by atoms with Gasteiger partial charge in [0.2, 0.25) is 5.91 Å². The molecule has 0 aromatic carbocycles. The Morgan fingerprint density at radius 2 is 1.83 bits per heavy atom. The molecule has 0 aliphatic carbocycles. The van der Waals surface area contributed by atoms with Gasteiger partial charge < -0.3 is 5.32 Å². The summed E-state index contributed by atoms with van der Waals surface area (Å²) in [5.74, 6) is -0.110. The normalized spacial score (nSPS) is 9.50. The van der Waals surface area contributed by atoms with Gasteiger partial charge in [-0.15, -0.1) is 0 Å². The molecule has 0 aliphatic heterocycles. The predicted octanol–water partition coefficient (Wildman–Crippen LogP) is 1.27. The largest absolute Gasteiger partial charge is 0.356 e. The number of nitrogens with one attached hydrogen (secondary N) is 1. The molecular formula is C9H17NO2. The Balaban J connectivity index is 3.47. The maximum Gasteiger partial charge on any atom is 0.227 e. The molecule has 70 valence electrons. The third kappa shape index (κ3) is 5.89. The summed E-state index contributed by atoms with van der Waals surface area (Å²) in [6.07, 6.45) is 2.29. The lowest BCUT2D eigenvalue weighted by atomic mass is 10.2. The zero-order valence-corrected chi connectivity index (χ0v) is 7.85. The standard InChI is InChI=1S/C9H17NO2/c1-3-5-8(11)7-9(12)10-6-4-2/h3-7H2,1-2H3,(H,10,12). The number of hydrogen-bond donors (Lipinski definition) is 1. The topological polar surface area (TPSA) is 46.2 Å². The minimum atomic E-state index is -0.143. The molecule has 0 rings (SSSR count). The summed E-state index contributed by atoms with van der Waals surface area (Å²) >= 11 is 0. The Morgan fingerprint density at radius 1 is 1.17 bits per heavy atom. The molecule has 0 unspecified atom stereocenters. The van der Waals surface area contributed by atoms with Crippen molar-refractivity contribution in [2.24, 2.45) is 0 Å². The lowest BCUT2D eigenvalue weighted by Crippen LogP contribution is -2.26. The van der Waals surface area contributed by atoms with Crippen LogP contribution in [-0.4, -0.2) is 18.2 Å². The lowest BCUT2D eigenvalue weighted by Gasteiger charge is -2.01. The number of Topliss-reactive ketones (excluding diaryl/α,β-unsaturated/α-hetero) is 1. The first-order chi connectivity index (χ1) is 5.70. The van der Waals surface area contributed by atoms with Crippen LogP contribution in [0.2, 0.25) is 0 Å². The Hall–Kier alpha value is -0.860. The zero-order chi connectivity index (χ0) is 9.40. The van der Waals surface area contributed by atoms with E-state index in [-0.39, 0.29) is 18.1 Å². The van der Waals surface area contributed by atoms with Crippen LogP contribution >= 0.6 is 0 Å². The molecule has 0 aromatic heterocycles. The first-order valence-corrected chi connectivity index (χ1v) is 4.49. The van der Waals surface area contributed by atoms with Crippen LogP contribution in [0, 0.1) is 0 Å². The van der Waals surface area contributed by atoms with Gasteiger partial charge in [-0.25, -0.2) is 0 Å². The van der Waals surface area contributed by atoms with Crippen LogP contribution in [0.5, 0.6) is 0 Å². The Labute approximate surface area is 73.5 Å². The summed E-state index contributed by atoms with van der Waals surface area (Å²) in [5.41, 5.74) is 0. The number of hydrogen-bond acceptors (Lipinski definition) is 2. The average Bonchev–Trinajstić information content (AvgIpc) is 2.01. The molecule has 0 saturated carbocycles. The van der Waals surface area contributed by atoms with Gasteiger partial charge in [0.1, 0.15) is 5.78 Å². The molecular weight excluding hydrogens is 154 g/mol. The van der Waals surface area contributed by atoms with Crippen LogP contribution in [0.4, 0.5) is 0 Å². The van der Waals surface area contributed by atoms with E-state index in [9.17, 15) is 9.59 Å². The van der Waals surface area contributed by atoms with Gasteiger partial charge in [0.05, 0.1) is 6.42 Å². The molecule has 12 heavy (non-hydrogen) atoms. The van der Waals surface area contributed by atoms with E-state index < -0.39 is 0 Å². The molecule has 3 nitrogen and oxygen atoms in total. The highest BCUT2D eigenvalue weighted by Crippen LogP contribution is 1.93. The van der Waals surface area contributed by atoms with E-state index in [1.807, 2.05) is 13.8 Å². The quantitative estimate of drug-likeness (QED) is 0.612. The molecule has 0 fully saturated rings. The highest BCUT2D eigenvalue weighted by Gasteiger charge is 2.06. The van der Waals surface area contributed by atoms with Crippen molar-refractivity contribution in [3.63, 3.8) is 0 Å². The van der Waals surface area contributed by atoms with E-state index in [1.54, 1.807) is 0 Å². The molecule has 1 amide bonds. The number of carbonyl (C=O) groups excluding carboxylic acids is 2. The number of carbonyl (C=O) groups is 2. The minimum Gasteiger partial charge on any atom is -0.356 e. The summed E-state index contributed by atoms with van der Waals surface area (Å²) in [4.78, 5) is 21.9. The average molecular weight is 171 g/mol. The Bertz CT molecular complexity index is 155. The van der Waals surface area contributed by atoms with E-state index in [4.69, 9.17) is 0 Å². The van der Waals surface area contributed by atoms with Crippen molar-refractivity contribution in [1.82, 2.24) is 5.32 Å². The maximum atomic E-state index is 11.0. The van der Waals surface area contributed by atoms with Gasteiger partial charge in [0.25, 0.3) is 0 Å². The first kappa shape index (κ1) is 11.1. The van der Waals surface area contributed by atoms with Crippen LogP contribution < -0.4 is 5.32 Å². The molecule has 3 heteroatoms.